The molecule has 0 saturated heterocycles. The zero-order valence-corrected chi connectivity index (χ0v) is 18.4. The minimum Gasteiger partial charge on any atom is -0.389 e. The second-order valence-electron chi connectivity index (χ2n) is 8.10. The molecule has 0 aliphatic heterocycles. The van der Waals surface area contributed by atoms with E-state index < -0.39 is 0 Å². The number of aliphatic hydroxyl groups excluding tert-OH is 1. The van der Waals surface area contributed by atoms with E-state index in [0.717, 1.165) is 44.9 Å². The summed E-state index contributed by atoms with van der Waals surface area (Å²) >= 11 is 0. The molecule has 0 radical (unpaired) electrons. The standard InChI is InChI=1S/C25H42O/c1-20(2)11-8-13-22(5)15-10-16-24(7)19-25(26)18-17-23(6)14-9-12-21(3)4/h11-12,15,17,19,25-26H,8-10,13-14,16,18H2,1-7H3. The van der Waals surface area contributed by atoms with Crippen molar-refractivity contribution in [1.82, 2.24) is 0 Å². The van der Waals surface area contributed by atoms with Gasteiger partial charge in [0.1, 0.15) is 0 Å². The Kier molecular flexibility index (Phi) is 14.0. The number of allylic oxidation sites excluding steroid dienone is 8. The van der Waals surface area contributed by atoms with E-state index in [1.54, 1.807) is 0 Å². The minimum absolute atomic E-state index is 0.365. The maximum Gasteiger partial charge on any atom is 0.0757 e. The second-order valence-corrected chi connectivity index (χ2v) is 8.10. The molecule has 0 saturated carbocycles. The lowest BCUT2D eigenvalue weighted by atomic mass is 10.0. The fourth-order valence-electron chi connectivity index (χ4n) is 2.73. The minimum atomic E-state index is -0.365. The topological polar surface area (TPSA) is 20.2 Å². The van der Waals surface area contributed by atoms with Crippen LogP contribution in [0.25, 0.3) is 0 Å². The second kappa shape index (κ2) is 14.8. The van der Waals surface area contributed by atoms with Gasteiger partial charge in [-0.2, -0.15) is 0 Å². The molecular formula is C25H42O. The van der Waals surface area contributed by atoms with Crippen molar-refractivity contribution in [1.29, 1.82) is 0 Å². The van der Waals surface area contributed by atoms with Gasteiger partial charge in [0.2, 0.25) is 0 Å². The summed E-state index contributed by atoms with van der Waals surface area (Å²) in [6.07, 6.45) is 18.0. The van der Waals surface area contributed by atoms with Crippen LogP contribution in [0.1, 0.15) is 93.4 Å². The van der Waals surface area contributed by atoms with E-state index in [9.17, 15) is 5.11 Å². The molecule has 148 valence electrons. The third-order valence-electron chi connectivity index (χ3n) is 4.40. The Hall–Kier alpha value is -1.34. The van der Waals surface area contributed by atoms with Gasteiger partial charge < -0.3 is 5.11 Å². The lowest BCUT2D eigenvalue weighted by Gasteiger charge is -2.07. The summed E-state index contributed by atoms with van der Waals surface area (Å²) < 4.78 is 0. The Morgan fingerprint density at radius 3 is 1.54 bits per heavy atom. The molecule has 1 atom stereocenters. The molecule has 0 spiro atoms. The Bertz CT molecular complexity index is 533. The van der Waals surface area contributed by atoms with Gasteiger partial charge in [-0.15, -0.1) is 0 Å². The van der Waals surface area contributed by atoms with Gasteiger partial charge >= 0.3 is 0 Å². The first kappa shape index (κ1) is 24.7. The van der Waals surface area contributed by atoms with Gasteiger partial charge in [0.15, 0.2) is 0 Å². The van der Waals surface area contributed by atoms with Crippen molar-refractivity contribution >= 4 is 0 Å². The summed E-state index contributed by atoms with van der Waals surface area (Å²) in [5.41, 5.74) is 6.87. The monoisotopic (exact) mass is 358 g/mol. The van der Waals surface area contributed by atoms with Gasteiger partial charge in [0.05, 0.1) is 6.10 Å². The largest absolute Gasteiger partial charge is 0.389 e. The van der Waals surface area contributed by atoms with E-state index in [1.807, 2.05) is 6.08 Å². The van der Waals surface area contributed by atoms with E-state index in [4.69, 9.17) is 0 Å². The maximum absolute atomic E-state index is 10.2. The van der Waals surface area contributed by atoms with Crippen LogP contribution in [0.5, 0.6) is 0 Å². The molecule has 1 nitrogen and oxygen atoms in total. The van der Waals surface area contributed by atoms with Crippen molar-refractivity contribution in [3.8, 4) is 0 Å². The van der Waals surface area contributed by atoms with E-state index in [0.29, 0.717) is 0 Å². The van der Waals surface area contributed by atoms with E-state index >= 15 is 0 Å². The highest BCUT2D eigenvalue weighted by Gasteiger charge is 2.00. The highest BCUT2D eigenvalue weighted by Crippen LogP contribution is 2.14. The first-order chi connectivity index (χ1) is 12.2. The third-order valence-corrected chi connectivity index (χ3v) is 4.40. The molecule has 0 aliphatic carbocycles. The molecule has 0 aromatic rings. The molecule has 0 amide bonds. The van der Waals surface area contributed by atoms with Crippen LogP contribution in [0.4, 0.5) is 0 Å². The third kappa shape index (κ3) is 16.1. The van der Waals surface area contributed by atoms with Crippen LogP contribution >= 0.6 is 0 Å². The molecule has 0 aromatic heterocycles. The van der Waals surface area contributed by atoms with Gasteiger partial charge in [-0.1, -0.05) is 58.2 Å². The van der Waals surface area contributed by atoms with Crippen LogP contribution in [-0.4, -0.2) is 11.2 Å². The molecule has 1 N–H and O–H groups in total. The first-order valence-corrected chi connectivity index (χ1v) is 10.1. The number of hydrogen-bond donors (Lipinski definition) is 1. The van der Waals surface area contributed by atoms with Crippen LogP contribution in [0.2, 0.25) is 0 Å². The average molecular weight is 359 g/mol. The number of hydrogen-bond acceptors (Lipinski definition) is 1. The van der Waals surface area contributed by atoms with Gasteiger partial charge in [-0.05, 0) is 93.4 Å². The van der Waals surface area contributed by atoms with Crippen molar-refractivity contribution in [2.75, 3.05) is 0 Å². The van der Waals surface area contributed by atoms with Crippen LogP contribution < -0.4 is 0 Å². The fraction of sp³-hybridized carbons (Fsp3) is 0.600. The Balaban J connectivity index is 4.20. The lowest BCUT2D eigenvalue weighted by molar-refractivity contribution is 0.225. The molecule has 0 aliphatic rings. The van der Waals surface area contributed by atoms with Gasteiger partial charge in [-0.25, -0.2) is 0 Å². The van der Waals surface area contributed by atoms with Crippen molar-refractivity contribution in [3.05, 3.63) is 58.2 Å². The summed E-state index contributed by atoms with van der Waals surface area (Å²) in [6.45, 7) is 15.1. The first-order valence-electron chi connectivity index (χ1n) is 10.1. The molecule has 0 fully saturated rings. The molecule has 1 unspecified atom stereocenters. The van der Waals surface area contributed by atoms with E-state index in [2.05, 4.69) is 72.8 Å². The summed E-state index contributed by atoms with van der Waals surface area (Å²) in [5.74, 6) is 0. The average Bonchev–Trinajstić information content (AvgIpc) is 2.52. The predicted octanol–water partition coefficient (Wildman–Crippen LogP) is 7.85. The van der Waals surface area contributed by atoms with Gasteiger partial charge in [0.25, 0.3) is 0 Å². The number of rotatable bonds is 12. The highest BCUT2D eigenvalue weighted by molar-refractivity contribution is 5.09. The highest BCUT2D eigenvalue weighted by atomic mass is 16.3. The summed E-state index contributed by atoms with van der Waals surface area (Å²) in [7, 11) is 0. The Labute approximate surface area is 163 Å². The van der Waals surface area contributed by atoms with Crippen LogP contribution in [0, 0.1) is 0 Å². The predicted molar refractivity (Wildman–Crippen MR) is 118 cm³/mol. The van der Waals surface area contributed by atoms with E-state index in [-0.39, 0.29) is 6.10 Å². The molecule has 0 aromatic carbocycles. The van der Waals surface area contributed by atoms with Crippen molar-refractivity contribution in [2.45, 2.75) is 99.5 Å². The smallest absolute Gasteiger partial charge is 0.0757 e. The van der Waals surface area contributed by atoms with Crippen molar-refractivity contribution < 1.29 is 5.11 Å². The maximum atomic E-state index is 10.2. The Morgan fingerprint density at radius 2 is 1.04 bits per heavy atom. The normalized spacial score (nSPS) is 14.2. The molecular weight excluding hydrogens is 316 g/mol. The Morgan fingerprint density at radius 1 is 0.615 bits per heavy atom. The zero-order chi connectivity index (χ0) is 19.9. The fourth-order valence-corrected chi connectivity index (χ4v) is 2.73. The molecule has 26 heavy (non-hydrogen) atoms. The summed E-state index contributed by atoms with van der Waals surface area (Å²) in [6, 6.07) is 0. The summed E-state index contributed by atoms with van der Waals surface area (Å²) in [5, 5.41) is 10.2. The van der Waals surface area contributed by atoms with Crippen LogP contribution in [0.15, 0.2) is 58.2 Å². The van der Waals surface area contributed by atoms with E-state index in [1.165, 1.54) is 27.9 Å². The molecule has 0 rings (SSSR count). The molecule has 0 heterocycles. The zero-order valence-electron chi connectivity index (χ0n) is 18.4. The molecule has 0 bridgehead atoms. The quantitative estimate of drug-likeness (QED) is 0.352. The molecule has 1 heteroatoms. The van der Waals surface area contributed by atoms with Gasteiger partial charge in [-0.3, -0.25) is 0 Å². The lowest BCUT2D eigenvalue weighted by Crippen LogP contribution is -2.01. The van der Waals surface area contributed by atoms with Crippen LogP contribution in [0.3, 0.4) is 0 Å². The summed E-state index contributed by atoms with van der Waals surface area (Å²) in [4.78, 5) is 0. The van der Waals surface area contributed by atoms with Crippen molar-refractivity contribution in [2.24, 2.45) is 0 Å². The number of aliphatic hydroxyl groups is 1. The van der Waals surface area contributed by atoms with Gasteiger partial charge in [0, 0.05) is 0 Å². The van der Waals surface area contributed by atoms with Crippen LogP contribution in [-0.2, 0) is 0 Å². The van der Waals surface area contributed by atoms with Crippen molar-refractivity contribution in [3.63, 3.8) is 0 Å². The SMILES string of the molecule is CC(C)=CCCC(C)=CCCC(C)=CC(O)CC=C(C)CCC=C(C)C.